The van der Waals surface area contributed by atoms with Gasteiger partial charge in [0.25, 0.3) is 0 Å². The van der Waals surface area contributed by atoms with Gasteiger partial charge in [-0.3, -0.25) is 0 Å². The molecule has 2 aromatic rings. The molecule has 0 aliphatic carbocycles. The summed E-state index contributed by atoms with van der Waals surface area (Å²) in [7, 11) is 1.87. The Morgan fingerprint density at radius 2 is 1.88 bits per heavy atom. The van der Waals surface area contributed by atoms with E-state index in [4.69, 9.17) is 4.74 Å². The van der Waals surface area contributed by atoms with Gasteiger partial charge in [-0.1, -0.05) is 18.2 Å². The molecule has 1 heterocycles. The Kier molecular flexibility index (Phi) is 3.46. The second-order valence-electron chi connectivity index (χ2n) is 3.31. The lowest BCUT2D eigenvalue weighted by atomic mass is 10.3. The molecule has 0 aliphatic heterocycles. The van der Waals surface area contributed by atoms with Gasteiger partial charge in [0.1, 0.15) is 5.75 Å². The van der Waals surface area contributed by atoms with Crippen LogP contribution in [0.4, 0.5) is 0 Å². The van der Waals surface area contributed by atoms with Crippen LogP contribution in [0.2, 0.25) is 0 Å². The van der Waals surface area contributed by atoms with Crippen LogP contribution in [0.15, 0.2) is 42.5 Å². The normalized spacial score (nSPS) is 10.1. The van der Waals surface area contributed by atoms with Crippen molar-refractivity contribution >= 4 is 0 Å². The van der Waals surface area contributed by atoms with Crippen LogP contribution in [-0.4, -0.2) is 17.2 Å². The molecule has 1 N–H and O–H groups in total. The number of benzene rings is 1. The van der Waals surface area contributed by atoms with Crippen molar-refractivity contribution in [3.63, 3.8) is 0 Å². The number of hydrogen-bond acceptors (Lipinski definition) is 4. The zero-order chi connectivity index (χ0) is 11.2. The Morgan fingerprint density at radius 1 is 1.06 bits per heavy atom. The molecule has 0 aliphatic rings. The van der Waals surface area contributed by atoms with E-state index in [1.54, 1.807) is 0 Å². The molecule has 0 bridgehead atoms. The van der Waals surface area contributed by atoms with Crippen LogP contribution in [0, 0.1) is 0 Å². The molecule has 82 valence electrons. The minimum atomic E-state index is 0.506. The number of nitrogens with zero attached hydrogens (tertiary/aromatic N) is 2. The highest BCUT2D eigenvalue weighted by Gasteiger charge is 1.99. The predicted octanol–water partition coefficient (Wildman–Crippen LogP) is 1.99. The Balaban J connectivity index is 2.05. The standard InChI is InChI=1S/C12H13N3O/c1-13-9-10-7-8-12(15-14-10)16-11-5-3-2-4-6-11/h2-8,13H,9H2,1H3. The van der Waals surface area contributed by atoms with Crippen molar-refractivity contribution in [2.75, 3.05) is 7.05 Å². The maximum absolute atomic E-state index is 5.52. The molecule has 0 amide bonds. The topological polar surface area (TPSA) is 47.0 Å². The second-order valence-corrected chi connectivity index (χ2v) is 3.31. The van der Waals surface area contributed by atoms with E-state index >= 15 is 0 Å². The number of rotatable bonds is 4. The van der Waals surface area contributed by atoms with E-state index in [1.165, 1.54) is 0 Å². The van der Waals surface area contributed by atoms with Gasteiger partial charge in [0.2, 0.25) is 5.88 Å². The molecular formula is C12H13N3O. The Labute approximate surface area is 94.3 Å². The number of ether oxygens (including phenoxy) is 1. The Bertz CT molecular complexity index is 428. The van der Waals surface area contributed by atoms with Crippen LogP contribution in [0.5, 0.6) is 11.6 Å². The summed E-state index contributed by atoms with van der Waals surface area (Å²) in [5.74, 6) is 1.27. The van der Waals surface area contributed by atoms with E-state index < -0.39 is 0 Å². The summed E-state index contributed by atoms with van der Waals surface area (Å²) in [5, 5.41) is 11.0. The van der Waals surface area contributed by atoms with Gasteiger partial charge < -0.3 is 10.1 Å². The van der Waals surface area contributed by atoms with Crippen molar-refractivity contribution in [1.29, 1.82) is 0 Å². The molecule has 0 atom stereocenters. The molecule has 0 unspecified atom stereocenters. The first-order chi connectivity index (χ1) is 7.88. The molecule has 4 heteroatoms. The van der Waals surface area contributed by atoms with Crippen LogP contribution in [0.1, 0.15) is 5.69 Å². The summed E-state index contributed by atoms with van der Waals surface area (Å²) >= 11 is 0. The molecule has 1 aromatic heterocycles. The lowest BCUT2D eigenvalue weighted by Gasteiger charge is -2.04. The molecule has 2 rings (SSSR count). The fourth-order valence-electron chi connectivity index (χ4n) is 1.29. The third kappa shape index (κ3) is 2.77. The quantitative estimate of drug-likeness (QED) is 0.847. The van der Waals surface area contributed by atoms with Crippen molar-refractivity contribution in [1.82, 2.24) is 15.5 Å². The third-order valence-corrected chi connectivity index (χ3v) is 2.02. The van der Waals surface area contributed by atoms with Crippen LogP contribution in [-0.2, 0) is 6.54 Å². The maximum atomic E-state index is 5.52. The van der Waals surface area contributed by atoms with Gasteiger partial charge in [0, 0.05) is 12.6 Å². The van der Waals surface area contributed by atoms with Crippen molar-refractivity contribution in [2.24, 2.45) is 0 Å². The van der Waals surface area contributed by atoms with E-state index in [0.717, 1.165) is 11.4 Å². The minimum Gasteiger partial charge on any atom is -0.438 e. The molecule has 4 nitrogen and oxygen atoms in total. The molecule has 0 radical (unpaired) electrons. The number of nitrogens with one attached hydrogen (secondary N) is 1. The van der Waals surface area contributed by atoms with Gasteiger partial charge >= 0.3 is 0 Å². The van der Waals surface area contributed by atoms with Gasteiger partial charge in [0.05, 0.1) is 5.69 Å². The van der Waals surface area contributed by atoms with E-state index in [2.05, 4.69) is 15.5 Å². The minimum absolute atomic E-state index is 0.506. The highest BCUT2D eigenvalue weighted by atomic mass is 16.5. The number of hydrogen-bond donors (Lipinski definition) is 1. The average Bonchev–Trinajstić information content (AvgIpc) is 2.33. The first-order valence-electron chi connectivity index (χ1n) is 5.08. The Hall–Kier alpha value is -1.94. The monoisotopic (exact) mass is 215 g/mol. The van der Waals surface area contributed by atoms with Gasteiger partial charge in [-0.25, -0.2) is 0 Å². The van der Waals surface area contributed by atoms with Gasteiger partial charge in [-0.2, -0.15) is 5.10 Å². The highest BCUT2D eigenvalue weighted by molar-refractivity contribution is 5.26. The first kappa shape index (κ1) is 10.6. The summed E-state index contributed by atoms with van der Waals surface area (Å²) in [4.78, 5) is 0. The second kappa shape index (κ2) is 5.23. The molecule has 16 heavy (non-hydrogen) atoms. The van der Waals surface area contributed by atoms with Crippen LogP contribution < -0.4 is 10.1 Å². The van der Waals surface area contributed by atoms with Crippen molar-refractivity contribution in [3.05, 3.63) is 48.2 Å². The predicted molar refractivity (Wildman–Crippen MR) is 61.3 cm³/mol. The largest absolute Gasteiger partial charge is 0.438 e. The molecule has 1 aromatic carbocycles. The number of para-hydroxylation sites is 1. The molecule has 0 saturated heterocycles. The van der Waals surface area contributed by atoms with Crippen molar-refractivity contribution < 1.29 is 4.74 Å². The first-order valence-corrected chi connectivity index (χ1v) is 5.08. The maximum Gasteiger partial charge on any atom is 0.238 e. The SMILES string of the molecule is CNCc1ccc(Oc2ccccc2)nn1. The number of aromatic nitrogens is 2. The zero-order valence-corrected chi connectivity index (χ0v) is 9.05. The highest BCUT2D eigenvalue weighted by Crippen LogP contribution is 2.17. The summed E-state index contributed by atoms with van der Waals surface area (Å²) in [6, 6.07) is 13.2. The molecule has 0 spiro atoms. The summed E-state index contributed by atoms with van der Waals surface area (Å²) in [6.07, 6.45) is 0. The lowest BCUT2D eigenvalue weighted by Crippen LogP contribution is -2.07. The van der Waals surface area contributed by atoms with Crippen LogP contribution >= 0.6 is 0 Å². The average molecular weight is 215 g/mol. The van der Waals surface area contributed by atoms with Crippen LogP contribution in [0.25, 0.3) is 0 Å². The van der Waals surface area contributed by atoms with Crippen LogP contribution in [0.3, 0.4) is 0 Å². The lowest BCUT2D eigenvalue weighted by molar-refractivity contribution is 0.453. The van der Waals surface area contributed by atoms with Crippen molar-refractivity contribution in [3.8, 4) is 11.6 Å². The van der Waals surface area contributed by atoms with Gasteiger partial charge in [-0.05, 0) is 25.2 Å². The molecular weight excluding hydrogens is 202 g/mol. The third-order valence-electron chi connectivity index (χ3n) is 2.02. The summed E-state index contributed by atoms with van der Waals surface area (Å²) in [6.45, 7) is 0.707. The van der Waals surface area contributed by atoms with Crippen molar-refractivity contribution in [2.45, 2.75) is 6.54 Å². The van der Waals surface area contributed by atoms with E-state index in [-0.39, 0.29) is 0 Å². The smallest absolute Gasteiger partial charge is 0.238 e. The van der Waals surface area contributed by atoms with Gasteiger partial charge in [0.15, 0.2) is 0 Å². The van der Waals surface area contributed by atoms with E-state index in [9.17, 15) is 0 Å². The summed E-state index contributed by atoms with van der Waals surface area (Å²) < 4.78 is 5.52. The molecule has 0 saturated carbocycles. The van der Waals surface area contributed by atoms with Gasteiger partial charge in [-0.15, -0.1) is 5.10 Å². The fourth-order valence-corrected chi connectivity index (χ4v) is 1.29. The summed E-state index contributed by atoms with van der Waals surface area (Å²) in [5.41, 5.74) is 0.892. The molecule has 0 fully saturated rings. The Morgan fingerprint density at radius 3 is 2.50 bits per heavy atom. The van der Waals surface area contributed by atoms with E-state index in [0.29, 0.717) is 12.4 Å². The zero-order valence-electron chi connectivity index (χ0n) is 9.05. The fraction of sp³-hybridized carbons (Fsp3) is 0.167. The van der Waals surface area contributed by atoms with E-state index in [1.807, 2.05) is 49.5 Å².